The number of ether oxygens (including phenoxy) is 1. The molecule has 4 aliphatic carbocycles. The number of benzene rings is 1. The molecule has 0 unspecified atom stereocenters. The summed E-state index contributed by atoms with van der Waals surface area (Å²) in [5.41, 5.74) is 0.00768. The summed E-state index contributed by atoms with van der Waals surface area (Å²) in [4.78, 5) is 36.2. The summed E-state index contributed by atoms with van der Waals surface area (Å²) in [5.74, 6) is -1.48. The van der Waals surface area contributed by atoms with Crippen molar-refractivity contribution in [1.29, 1.82) is 0 Å². The highest BCUT2D eigenvalue weighted by molar-refractivity contribution is 5.98. The summed E-state index contributed by atoms with van der Waals surface area (Å²) in [7, 11) is 0. The first kappa shape index (κ1) is 20.0. The van der Waals surface area contributed by atoms with Gasteiger partial charge < -0.3 is 10.1 Å². The molecule has 0 spiro atoms. The molecule has 4 fully saturated rings. The minimum Gasteiger partial charge on any atom is -0.456 e. The first-order chi connectivity index (χ1) is 13.8. The lowest BCUT2D eigenvalue weighted by Gasteiger charge is -2.56. The van der Waals surface area contributed by atoms with E-state index in [0.717, 1.165) is 55.2 Å². The number of hydrogen-bond acceptors (Lipinski definition) is 4. The molecule has 0 atom stereocenters. The lowest BCUT2D eigenvalue weighted by atomic mass is 9.49. The Labute approximate surface area is 168 Å². The first-order valence-electron chi connectivity index (χ1n) is 10.2. The molecule has 4 saturated carbocycles. The van der Waals surface area contributed by atoms with Crippen LogP contribution in [0, 0.1) is 34.8 Å². The molecule has 1 amide bonds. The van der Waals surface area contributed by atoms with E-state index in [1.165, 1.54) is 19.3 Å². The van der Waals surface area contributed by atoms with Crippen molar-refractivity contribution < 1.29 is 27.9 Å². The lowest BCUT2D eigenvalue weighted by molar-refractivity contribution is -0.143. The predicted octanol–water partition coefficient (Wildman–Crippen LogP) is 3.41. The van der Waals surface area contributed by atoms with E-state index in [4.69, 9.17) is 4.74 Å². The Hall–Kier alpha value is -2.31. The van der Waals surface area contributed by atoms with Crippen LogP contribution in [0.15, 0.2) is 18.2 Å². The number of carbonyl (C=O) groups excluding carboxylic acids is 3. The van der Waals surface area contributed by atoms with Gasteiger partial charge in [0.25, 0.3) is 0 Å². The first-order valence-corrected chi connectivity index (χ1v) is 10.2. The SMILES string of the molecule is O=C(CC12CC3CC(CC(C3)C1)C2)NCC(=O)OCC(=O)c1ccc(F)c(F)c1. The normalized spacial score (nSPS) is 29.5. The molecule has 5 rings (SSSR count). The highest BCUT2D eigenvalue weighted by Gasteiger charge is 2.51. The fourth-order valence-corrected chi connectivity index (χ4v) is 6.03. The van der Waals surface area contributed by atoms with E-state index >= 15 is 0 Å². The van der Waals surface area contributed by atoms with Gasteiger partial charge in [-0.05, 0) is 79.9 Å². The maximum Gasteiger partial charge on any atom is 0.325 e. The molecule has 1 N–H and O–H groups in total. The fourth-order valence-electron chi connectivity index (χ4n) is 6.03. The molecule has 0 aromatic heterocycles. The minimum atomic E-state index is -1.14. The Bertz CT molecular complexity index is 803. The molecular weight excluding hydrogens is 380 g/mol. The van der Waals surface area contributed by atoms with Crippen molar-refractivity contribution in [1.82, 2.24) is 5.32 Å². The minimum absolute atomic E-state index is 0.0810. The molecule has 0 radical (unpaired) electrons. The van der Waals surface area contributed by atoms with Crippen molar-refractivity contribution >= 4 is 17.7 Å². The molecule has 0 saturated heterocycles. The average Bonchev–Trinajstić information content (AvgIpc) is 2.65. The van der Waals surface area contributed by atoms with E-state index in [0.29, 0.717) is 6.42 Å². The molecule has 0 aliphatic heterocycles. The zero-order valence-electron chi connectivity index (χ0n) is 16.2. The Kier molecular flexibility index (Phi) is 5.40. The van der Waals surface area contributed by atoms with E-state index in [1.54, 1.807) is 0 Å². The quantitative estimate of drug-likeness (QED) is 0.557. The molecule has 4 aliphatic rings. The summed E-state index contributed by atoms with van der Waals surface area (Å²) in [6, 6.07) is 2.73. The van der Waals surface area contributed by atoms with Crippen LogP contribution >= 0.6 is 0 Å². The number of nitrogens with one attached hydrogen (secondary N) is 1. The summed E-state index contributed by atoms with van der Waals surface area (Å²) in [6.07, 6.45) is 7.69. The number of esters is 1. The summed E-state index contributed by atoms with van der Waals surface area (Å²) in [6.45, 7) is -0.898. The van der Waals surface area contributed by atoms with Gasteiger partial charge in [-0.1, -0.05) is 0 Å². The van der Waals surface area contributed by atoms with Crippen molar-refractivity contribution in [3.8, 4) is 0 Å². The molecule has 29 heavy (non-hydrogen) atoms. The zero-order chi connectivity index (χ0) is 20.6. The number of hydrogen-bond donors (Lipinski definition) is 1. The summed E-state index contributed by atoms with van der Waals surface area (Å²) < 4.78 is 30.9. The van der Waals surface area contributed by atoms with E-state index in [1.807, 2.05) is 0 Å². The van der Waals surface area contributed by atoms with Crippen molar-refractivity contribution in [2.75, 3.05) is 13.2 Å². The second-order valence-electron chi connectivity index (χ2n) is 9.08. The molecule has 4 bridgehead atoms. The topological polar surface area (TPSA) is 72.5 Å². The van der Waals surface area contributed by atoms with Crippen molar-refractivity contribution in [2.45, 2.75) is 44.9 Å². The van der Waals surface area contributed by atoms with Crippen LogP contribution in [0.4, 0.5) is 8.78 Å². The second kappa shape index (κ2) is 7.84. The Morgan fingerprint density at radius 2 is 1.62 bits per heavy atom. The van der Waals surface area contributed by atoms with Gasteiger partial charge >= 0.3 is 5.97 Å². The van der Waals surface area contributed by atoms with E-state index in [9.17, 15) is 23.2 Å². The monoisotopic (exact) mass is 405 g/mol. The summed E-state index contributed by atoms with van der Waals surface area (Å²) >= 11 is 0. The van der Waals surface area contributed by atoms with Gasteiger partial charge in [0.05, 0.1) is 0 Å². The third kappa shape index (κ3) is 4.49. The van der Waals surface area contributed by atoms with E-state index in [-0.39, 0.29) is 23.4 Å². The van der Waals surface area contributed by atoms with Crippen LogP contribution in [0.5, 0.6) is 0 Å². The van der Waals surface area contributed by atoms with Crippen molar-refractivity contribution in [2.24, 2.45) is 23.2 Å². The number of rotatable bonds is 7. The van der Waals surface area contributed by atoms with Crippen molar-refractivity contribution in [3.63, 3.8) is 0 Å². The van der Waals surface area contributed by atoms with Gasteiger partial charge in [-0.15, -0.1) is 0 Å². The molecule has 7 heteroatoms. The summed E-state index contributed by atoms with van der Waals surface area (Å²) in [5, 5.41) is 2.60. The lowest BCUT2D eigenvalue weighted by Crippen LogP contribution is -2.48. The van der Waals surface area contributed by atoms with Gasteiger partial charge in [0.2, 0.25) is 5.91 Å². The van der Waals surface area contributed by atoms with Gasteiger partial charge in [0.15, 0.2) is 24.0 Å². The van der Waals surface area contributed by atoms with Gasteiger partial charge in [0, 0.05) is 12.0 Å². The van der Waals surface area contributed by atoms with Gasteiger partial charge in [-0.3, -0.25) is 14.4 Å². The van der Waals surface area contributed by atoms with Crippen LogP contribution in [-0.2, 0) is 14.3 Å². The average molecular weight is 405 g/mol. The highest BCUT2D eigenvalue weighted by atomic mass is 19.2. The highest BCUT2D eigenvalue weighted by Crippen LogP contribution is 2.61. The largest absolute Gasteiger partial charge is 0.456 e. The molecule has 1 aromatic rings. The maximum absolute atomic E-state index is 13.2. The fraction of sp³-hybridized carbons (Fsp3) is 0.591. The number of ketones is 1. The Morgan fingerprint density at radius 1 is 1.00 bits per heavy atom. The van der Waals surface area contributed by atoms with Crippen LogP contribution in [0.25, 0.3) is 0 Å². The molecule has 1 aromatic carbocycles. The Morgan fingerprint density at radius 3 is 2.21 bits per heavy atom. The van der Waals surface area contributed by atoms with Crippen LogP contribution < -0.4 is 5.32 Å². The van der Waals surface area contributed by atoms with Gasteiger partial charge in [0.1, 0.15) is 6.54 Å². The van der Waals surface area contributed by atoms with Gasteiger partial charge in [-0.25, -0.2) is 8.78 Å². The molecular formula is C22H25F2NO4. The van der Waals surface area contributed by atoms with Crippen LogP contribution in [-0.4, -0.2) is 30.8 Å². The van der Waals surface area contributed by atoms with E-state index < -0.39 is 30.0 Å². The third-order valence-electron chi connectivity index (χ3n) is 6.74. The predicted molar refractivity (Wildman–Crippen MR) is 99.9 cm³/mol. The number of amides is 1. The maximum atomic E-state index is 13.2. The van der Waals surface area contributed by atoms with Crippen LogP contribution in [0.3, 0.4) is 0 Å². The Balaban J connectivity index is 1.21. The number of Topliss-reactive ketones (excluding diaryl/α,β-unsaturated/α-hetero) is 1. The smallest absolute Gasteiger partial charge is 0.325 e. The van der Waals surface area contributed by atoms with Crippen LogP contribution in [0.2, 0.25) is 0 Å². The second-order valence-corrected chi connectivity index (χ2v) is 9.08. The zero-order valence-corrected chi connectivity index (χ0v) is 16.2. The molecule has 5 nitrogen and oxygen atoms in total. The third-order valence-corrected chi connectivity index (χ3v) is 6.74. The number of halogens is 2. The standard InChI is InChI=1S/C22H25F2NO4/c23-17-2-1-16(6-18(17)24)19(26)12-29-21(28)11-25-20(27)10-22-7-13-3-14(8-22)5-15(4-13)9-22/h1-2,6,13-15H,3-5,7-12H2,(H,25,27). The van der Waals surface area contributed by atoms with Crippen molar-refractivity contribution in [3.05, 3.63) is 35.4 Å². The molecule has 156 valence electrons. The van der Waals surface area contributed by atoms with E-state index in [2.05, 4.69) is 5.32 Å². The molecule has 0 heterocycles. The number of carbonyl (C=O) groups is 3. The van der Waals surface area contributed by atoms with Gasteiger partial charge in [-0.2, -0.15) is 0 Å². The van der Waals surface area contributed by atoms with Crippen LogP contribution in [0.1, 0.15) is 55.3 Å².